The molecule has 0 aliphatic carbocycles. The lowest BCUT2D eigenvalue weighted by molar-refractivity contribution is -0.137. The number of halogens is 1. The van der Waals surface area contributed by atoms with Gasteiger partial charge in [0.15, 0.2) is 0 Å². The number of carbonyl (C=O) groups is 2. The molecule has 1 N–H and O–H groups in total. The summed E-state index contributed by atoms with van der Waals surface area (Å²) in [6.45, 7) is 5.16. The molecule has 0 spiro atoms. The molecule has 0 aliphatic heterocycles. The van der Waals surface area contributed by atoms with Crippen LogP contribution in [0, 0.1) is 5.41 Å². The summed E-state index contributed by atoms with van der Waals surface area (Å²) in [7, 11) is 0. The van der Waals surface area contributed by atoms with Crippen molar-refractivity contribution in [2.24, 2.45) is 5.41 Å². The molecule has 104 valence electrons. The van der Waals surface area contributed by atoms with E-state index in [9.17, 15) is 9.59 Å². The van der Waals surface area contributed by atoms with Gasteiger partial charge in [0.05, 0.1) is 0 Å². The molecule has 1 rings (SSSR count). The van der Waals surface area contributed by atoms with Gasteiger partial charge in [0, 0.05) is 16.1 Å². The first kappa shape index (κ1) is 15.5. The van der Waals surface area contributed by atoms with Crippen LogP contribution in [-0.4, -0.2) is 23.5 Å². The molecule has 4 nitrogen and oxygen atoms in total. The van der Waals surface area contributed by atoms with E-state index in [0.29, 0.717) is 17.1 Å². The first-order valence-corrected chi connectivity index (χ1v) is 6.45. The Balaban J connectivity index is 3.11. The number of amides is 1. The maximum absolute atomic E-state index is 12.4. The zero-order valence-electron chi connectivity index (χ0n) is 11.3. The molecule has 1 amide bonds. The first-order valence-electron chi connectivity index (χ1n) is 6.07. The van der Waals surface area contributed by atoms with Crippen molar-refractivity contribution in [1.82, 2.24) is 0 Å². The van der Waals surface area contributed by atoms with Crippen molar-refractivity contribution in [2.45, 2.75) is 27.2 Å². The summed E-state index contributed by atoms with van der Waals surface area (Å²) in [4.78, 5) is 24.7. The fourth-order valence-electron chi connectivity index (χ4n) is 1.55. The number of benzene rings is 1. The van der Waals surface area contributed by atoms with Crippen LogP contribution in [0.25, 0.3) is 0 Å². The number of nitrogens with zero attached hydrogens (tertiary/aromatic N) is 1. The van der Waals surface area contributed by atoms with Gasteiger partial charge in [-0.1, -0.05) is 32.4 Å². The van der Waals surface area contributed by atoms with E-state index in [1.807, 2.05) is 6.92 Å². The van der Waals surface area contributed by atoms with Crippen LogP contribution in [0.15, 0.2) is 24.3 Å². The van der Waals surface area contributed by atoms with Gasteiger partial charge < -0.3 is 10.0 Å². The van der Waals surface area contributed by atoms with Crippen LogP contribution >= 0.6 is 11.6 Å². The molecule has 0 saturated carbocycles. The minimum atomic E-state index is -1.05. The third kappa shape index (κ3) is 3.96. The van der Waals surface area contributed by atoms with Gasteiger partial charge in [-0.2, -0.15) is 0 Å². The SMILES string of the molecule is CCC(C)(C)C(=O)N(CC(=O)O)c1ccc(Cl)cc1. The molecule has 0 fully saturated rings. The van der Waals surface area contributed by atoms with Gasteiger partial charge in [0.25, 0.3) is 0 Å². The van der Waals surface area contributed by atoms with Crippen molar-refractivity contribution in [1.29, 1.82) is 0 Å². The monoisotopic (exact) mass is 283 g/mol. The second-order valence-corrected chi connectivity index (χ2v) is 5.44. The fourth-order valence-corrected chi connectivity index (χ4v) is 1.68. The Kier molecular flexibility index (Phi) is 4.95. The summed E-state index contributed by atoms with van der Waals surface area (Å²) in [5, 5.41) is 9.51. The van der Waals surface area contributed by atoms with Crippen molar-refractivity contribution in [3.63, 3.8) is 0 Å². The minimum Gasteiger partial charge on any atom is -0.480 e. The number of anilines is 1. The van der Waals surface area contributed by atoms with Gasteiger partial charge in [0.1, 0.15) is 6.54 Å². The van der Waals surface area contributed by atoms with E-state index >= 15 is 0 Å². The van der Waals surface area contributed by atoms with Gasteiger partial charge in [-0.15, -0.1) is 0 Å². The fraction of sp³-hybridized carbons (Fsp3) is 0.429. The maximum atomic E-state index is 12.4. The number of carbonyl (C=O) groups excluding carboxylic acids is 1. The van der Waals surface area contributed by atoms with Gasteiger partial charge in [-0.3, -0.25) is 9.59 Å². The normalized spacial score (nSPS) is 11.2. The number of rotatable bonds is 5. The molecule has 0 atom stereocenters. The summed E-state index contributed by atoms with van der Waals surface area (Å²) in [5.41, 5.74) is -0.0620. The van der Waals surface area contributed by atoms with Crippen molar-refractivity contribution in [2.75, 3.05) is 11.4 Å². The minimum absolute atomic E-state index is 0.209. The molecule has 5 heteroatoms. The molecule has 0 unspecified atom stereocenters. The maximum Gasteiger partial charge on any atom is 0.323 e. The van der Waals surface area contributed by atoms with E-state index in [1.54, 1.807) is 38.1 Å². The van der Waals surface area contributed by atoms with E-state index in [0.717, 1.165) is 0 Å². The third-order valence-corrected chi connectivity index (χ3v) is 3.39. The lowest BCUT2D eigenvalue weighted by atomic mass is 9.88. The summed E-state index contributed by atoms with van der Waals surface area (Å²) in [6, 6.07) is 6.57. The Morgan fingerprint density at radius 2 is 1.79 bits per heavy atom. The van der Waals surface area contributed by atoms with Crippen molar-refractivity contribution in [3.8, 4) is 0 Å². The highest BCUT2D eigenvalue weighted by atomic mass is 35.5. The quantitative estimate of drug-likeness (QED) is 0.903. The van der Waals surface area contributed by atoms with E-state index in [2.05, 4.69) is 0 Å². The summed E-state index contributed by atoms with van der Waals surface area (Å²) in [5.74, 6) is -1.25. The molecular weight excluding hydrogens is 266 g/mol. The average molecular weight is 284 g/mol. The Morgan fingerprint density at radius 1 is 1.26 bits per heavy atom. The molecule has 0 saturated heterocycles. The topological polar surface area (TPSA) is 57.6 Å². The number of hydrogen-bond acceptors (Lipinski definition) is 2. The van der Waals surface area contributed by atoms with E-state index in [-0.39, 0.29) is 12.5 Å². The summed E-state index contributed by atoms with van der Waals surface area (Å²) in [6.07, 6.45) is 0.634. The lowest BCUT2D eigenvalue weighted by Crippen LogP contribution is -2.43. The molecule has 1 aromatic carbocycles. The molecule has 0 aromatic heterocycles. The Morgan fingerprint density at radius 3 is 2.21 bits per heavy atom. The van der Waals surface area contributed by atoms with Crippen LogP contribution in [0.4, 0.5) is 5.69 Å². The highest BCUT2D eigenvalue weighted by Gasteiger charge is 2.32. The zero-order valence-corrected chi connectivity index (χ0v) is 12.1. The Labute approximate surface area is 118 Å². The largest absolute Gasteiger partial charge is 0.480 e. The highest BCUT2D eigenvalue weighted by Crippen LogP contribution is 2.27. The van der Waals surface area contributed by atoms with Crippen LogP contribution in [0.2, 0.25) is 5.02 Å². The standard InChI is InChI=1S/C14H18ClNO3/c1-4-14(2,3)13(19)16(9-12(17)18)11-7-5-10(15)6-8-11/h5-8H,4,9H2,1-3H3,(H,17,18). The lowest BCUT2D eigenvalue weighted by Gasteiger charge is -2.30. The molecule has 0 radical (unpaired) electrons. The van der Waals surface area contributed by atoms with Crippen LogP contribution in [0.1, 0.15) is 27.2 Å². The zero-order chi connectivity index (χ0) is 14.6. The summed E-state index contributed by atoms with van der Waals surface area (Å²) >= 11 is 5.80. The first-order chi connectivity index (χ1) is 8.77. The predicted octanol–water partition coefficient (Wildman–Crippen LogP) is 3.19. The Hall–Kier alpha value is -1.55. The number of hydrogen-bond donors (Lipinski definition) is 1. The second-order valence-electron chi connectivity index (χ2n) is 5.00. The predicted molar refractivity (Wildman–Crippen MR) is 75.5 cm³/mol. The van der Waals surface area contributed by atoms with Crippen molar-refractivity contribution in [3.05, 3.63) is 29.3 Å². The van der Waals surface area contributed by atoms with E-state index in [4.69, 9.17) is 16.7 Å². The highest BCUT2D eigenvalue weighted by molar-refractivity contribution is 6.30. The smallest absolute Gasteiger partial charge is 0.323 e. The van der Waals surface area contributed by atoms with Crippen molar-refractivity contribution < 1.29 is 14.7 Å². The number of carboxylic acids is 1. The van der Waals surface area contributed by atoms with Crippen LogP contribution < -0.4 is 4.90 Å². The second kappa shape index (κ2) is 6.06. The summed E-state index contributed by atoms with van der Waals surface area (Å²) < 4.78 is 0. The van der Waals surface area contributed by atoms with Crippen molar-refractivity contribution >= 4 is 29.2 Å². The number of carboxylic acid groups (broad SMARTS) is 1. The van der Waals surface area contributed by atoms with Crippen LogP contribution in [-0.2, 0) is 9.59 Å². The van der Waals surface area contributed by atoms with Crippen LogP contribution in [0.5, 0.6) is 0 Å². The molecule has 0 aliphatic rings. The number of aliphatic carboxylic acids is 1. The van der Waals surface area contributed by atoms with Crippen LogP contribution in [0.3, 0.4) is 0 Å². The molecule has 1 aromatic rings. The Bertz CT molecular complexity index is 468. The third-order valence-electron chi connectivity index (χ3n) is 3.14. The molecule has 0 bridgehead atoms. The van der Waals surface area contributed by atoms with Gasteiger partial charge in [-0.05, 0) is 30.7 Å². The van der Waals surface area contributed by atoms with E-state index in [1.165, 1.54) is 4.90 Å². The van der Waals surface area contributed by atoms with E-state index < -0.39 is 11.4 Å². The average Bonchev–Trinajstić information content (AvgIpc) is 2.36. The molecule has 19 heavy (non-hydrogen) atoms. The van der Waals surface area contributed by atoms with Gasteiger partial charge in [-0.25, -0.2) is 0 Å². The molecule has 0 heterocycles. The van der Waals surface area contributed by atoms with Gasteiger partial charge in [0.2, 0.25) is 5.91 Å². The van der Waals surface area contributed by atoms with Gasteiger partial charge >= 0.3 is 5.97 Å². The molecular formula is C14H18ClNO3.